The maximum absolute atomic E-state index is 11.0. The van der Waals surface area contributed by atoms with E-state index in [0.29, 0.717) is 11.2 Å². The van der Waals surface area contributed by atoms with Crippen molar-refractivity contribution in [3.05, 3.63) is 0 Å². The molecule has 0 bridgehead atoms. The fourth-order valence-electron chi connectivity index (χ4n) is 0.961. The Hall–Kier alpha value is 0.440. The third-order valence-electron chi connectivity index (χ3n) is 1.76. The van der Waals surface area contributed by atoms with Crippen LogP contribution in [0.3, 0.4) is 0 Å². The van der Waals surface area contributed by atoms with Crippen LogP contribution in [0, 0.1) is 0 Å². The minimum absolute atomic E-state index is 0.166. The molecular formula is C9H16BrClO. The van der Waals surface area contributed by atoms with Gasteiger partial charge in [0.05, 0.1) is 5.38 Å². The first-order chi connectivity index (χ1) is 5.57. The number of Topliss-reactive ketones (excluding diaryl/α,β-unsaturated/α-hetero) is 1. The first-order valence-corrected chi connectivity index (χ1v) is 5.74. The van der Waals surface area contributed by atoms with Crippen molar-refractivity contribution < 1.29 is 4.79 Å². The first kappa shape index (κ1) is 12.4. The van der Waals surface area contributed by atoms with Gasteiger partial charge in [0.15, 0.2) is 0 Å². The summed E-state index contributed by atoms with van der Waals surface area (Å²) in [6.07, 6.45) is 3.47. The second-order valence-corrected chi connectivity index (χ2v) is 5.09. The van der Waals surface area contributed by atoms with Crippen molar-refractivity contribution >= 4 is 33.3 Å². The Morgan fingerprint density at radius 2 is 2.08 bits per heavy atom. The van der Waals surface area contributed by atoms with Crippen LogP contribution in [0.4, 0.5) is 0 Å². The Bertz CT molecular complexity index is 136. The molecule has 0 aliphatic rings. The highest BCUT2D eigenvalue weighted by atomic mass is 79.9. The van der Waals surface area contributed by atoms with Gasteiger partial charge >= 0.3 is 0 Å². The van der Waals surface area contributed by atoms with Crippen molar-refractivity contribution in [3.63, 3.8) is 0 Å². The van der Waals surface area contributed by atoms with Crippen LogP contribution in [0.15, 0.2) is 0 Å². The quantitative estimate of drug-likeness (QED) is 0.664. The van der Waals surface area contributed by atoms with Gasteiger partial charge in [-0.3, -0.25) is 4.79 Å². The molecule has 0 aromatic heterocycles. The van der Waals surface area contributed by atoms with Crippen LogP contribution < -0.4 is 0 Å². The lowest BCUT2D eigenvalue weighted by Gasteiger charge is -2.07. The molecule has 0 aliphatic heterocycles. The van der Waals surface area contributed by atoms with E-state index in [1.54, 1.807) is 0 Å². The summed E-state index contributed by atoms with van der Waals surface area (Å²) in [6.45, 7) is 3.95. The maximum atomic E-state index is 11.0. The van der Waals surface area contributed by atoms with Crippen LogP contribution in [0.5, 0.6) is 0 Å². The third-order valence-corrected chi connectivity index (χ3v) is 2.68. The fraction of sp³-hybridized carbons (Fsp3) is 0.889. The van der Waals surface area contributed by atoms with E-state index in [4.69, 9.17) is 11.6 Å². The van der Waals surface area contributed by atoms with Gasteiger partial charge in [-0.15, -0.1) is 11.6 Å². The van der Waals surface area contributed by atoms with Gasteiger partial charge in [-0.1, -0.05) is 36.2 Å². The van der Waals surface area contributed by atoms with Crippen molar-refractivity contribution in [3.8, 4) is 0 Å². The highest BCUT2D eigenvalue weighted by molar-refractivity contribution is 9.09. The van der Waals surface area contributed by atoms with Crippen molar-refractivity contribution in [1.29, 1.82) is 0 Å². The zero-order chi connectivity index (χ0) is 9.56. The summed E-state index contributed by atoms with van der Waals surface area (Å²) in [4.78, 5) is 11.6. The molecule has 0 spiro atoms. The molecule has 72 valence electrons. The molecule has 0 fully saturated rings. The molecule has 1 nitrogen and oxygen atoms in total. The van der Waals surface area contributed by atoms with Gasteiger partial charge in [-0.05, 0) is 12.8 Å². The molecule has 0 amide bonds. The van der Waals surface area contributed by atoms with Crippen molar-refractivity contribution in [1.82, 2.24) is 0 Å². The Kier molecular flexibility index (Phi) is 7.16. The van der Waals surface area contributed by atoms with Gasteiger partial charge in [0.1, 0.15) is 5.78 Å². The molecule has 0 saturated heterocycles. The molecule has 2 unspecified atom stereocenters. The molecule has 0 heterocycles. The number of rotatable bonds is 6. The Morgan fingerprint density at radius 3 is 2.50 bits per heavy atom. The SMILES string of the molecule is CCC(=O)C(Cl)CCCC(C)Br. The van der Waals surface area contributed by atoms with E-state index in [2.05, 4.69) is 22.9 Å². The van der Waals surface area contributed by atoms with Gasteiger partial charge in [-0.25, -0.2) is 0 Å². The summed E-state index contributed by atoms with van der Waals surface area (Å²) < 4.78 is 0. The minimum Gasteiger partial charge on any atom is -0.298 e. The Labute approximate surface area is 88.0 Å². The molecular weight excluding hydrogens is 239 g/mol. The molecule has 0 saturated carbocycles. The summed E-state index contributed by atoms with van der Waals surface area (Å²) >= 11 is 9.30. The molecule has 0 N–H and O–H groups in total. The summed E-state index contributed by atoms with van der Waals surface area (Å²) in [7, 11) is 0. The van der Waals surface area contributed by atoms with E-state index in [1.165, 1.54) is 0 Å². The number of halogens is 2. The van der Waals surface area contributed by atoms with Gasteiger partial charge in [0.25, 0.3) is 0 Å². The monoisotopic (exact) mass is 254 g/mol. The minimum atomic E-state index is -0.263. The molecule has 0 radical (unpaired) electrons. The lowest BCUT2D eigenvalue weighted by Crippen LogP contribution is -2.13. The van der Waals surface area contributed by atoms with E-state index in [9.17, 15) is 4.79 Å². The standard InChI is InChI=1S/C9H16BrClO/c1-3-9(12)8(11)6-4-5-7(2)10/h7-8H,3-6H2,1-2H3. The number of hydrogen-bond donors (Lipinski definition) is 0. The first-order valence-electron chi connectivity index (χ1n) is 4.38. The average Bonchev–Trinajstić information content (AvgIpc) is 2.02. The number of carbonyl (C=O) groups is 1. The Morgan fingerprint density at radius 1 is 1.50 bits per heavy atom. The predicted molar refractivity (Wildman–Crippen MR) is 57.2 cm³/mol. The smallest absolute Gasteiger partial charge is 0.150 e. The largest absolute Gasteiger partial charge is 0.298 e. The molecule has 0 aromatic rings. The van der Waals surface area contributed by atoms with Gasteiger partial charge < -0.3 is 0 Å². The predicted octanol–water partition coefficient (Wildman–Crippen LogP) is 3.53. The molecule has 2 atom stereocenters. The lowest BCUT2D eigenvalue weighted by molar-refractivity contribution is -0.118. The average molecular weight is 256 g/mol. The molecule has 0 rings (SSSR count). The van der Waals surface area contributed by atoms with Crippen LogP contribution in [0.2, 0.25) is 0 Å². The summed E-state index contributed by atoms with van der Waals surface area (Å²) in [5.74, 6) is 0.166. The second-order valence-electron chi connectivity index (χ2n) is 3.00. The summed E-state index contributed by atoms with van der Waals surface area (Å²) in [5.41, 5.74) is 0. The number of carbonyl (C=O) groups excluding carboxylic acids is 1. The normalized spacial score (nSPS) is 15.7. The molecule has 3 heteroatoms. The van der Waals surface area contributed by atoms with Crippen LogP contribution in [0.25, 0.3) is 0 Å². The van der Waals surface area contributed by atoms with Crippen LogP contribution >= 0.6 is 27.5 Å². The third kappa shape index (κ3) is 6.01. The van der Waals surface area contributed by atoms with Crippen molar-refractivity contribution in [2.45, 2.75) is 49.7 Å². The van der Waals surface area contributed by atoms with Crippen LogP contribution in [-0.2, 0) is 4.79 Å². The molecule has 0 aliphatic carbocycles. The number of ketones is 1. The highest BCUT2D eigenvalue weighted by Crippen LogP contribution is 2.14. The second kappa shape index (κ2) is 6.90. The number of alkyl halides is 2. The van der Waals surface area contributed by atoms with Crippen molar-refractivity contribution in [2.75, 3.05) is 0 Å². The summed E-state index contributed by atoms with van der Waals surface area (Å²) in [6, 6.07) is 0. The number of hydrogen-bond acceptors (Lipinski definition) is 1. The zero-order valence-electron chi connectivity index (χ0n) is 7.65. The highest BCUT2D eigenvalue weighted by Gasteiger charge is 2.12. The zero-order valence-corrected chi connectivity index (χ0v) is 9.99. The van der Waals surface area contributed by atoms with E-state index in [-0.39, 0.29) is 11.2 Å². The van der Waals surface area contributed by atoms with Crippen molar-refractivity contribution in [2.24, 2.45) is 0 Å². The van der Waals surface area contributed by atoms with Gasteiger partial charge in [-0.2, -0.15) is 0 Å². The maximum Gasteiger partial charge on any atom is 0.150 e. The van der Waals surface area contributed by atoms with Crippen LogP contribution in [-0.4, -0.2) is 16.0 Å². The Balaban J connectivity index is 3.43. The van der Waals surface area contributed by atoms with E-state index < -0.39 is 0 Å². The van der Waals surface area contributed by atoms with Crippen LogP contribution in [0.1, 0.15) is 39.5 Å². The summed E-state index contributed by atoms with van der Waals surface area (Å²) in [5, 5.41) is -0.263. The van der Waals surface area contributed by atoms with E-state index in [1.807, 2.05) is 6.92 Å². The molecule has 0 aromatic carbocycles. The topological polar surface area (TPSA) is 17.1 Å². The van der Waals surface area contributed by atoms with E-state index >= 15 is 0 Å². The fourth-order valence-corrected chi connectivity index (χ4v) is 1.59. The lowest BCUT2D eigenvalue weighted by atomic mass is 10.1. The van der Waals surface area contributed by atoms with Gasteiger partial charge in [0, 0.05) is 11.2 Å². The van der Waals surface area contributed by atoms with Gasteiger partial charge in [0.2, 0.25) is 0 Å². The molecule has 12 heavy (non-hydrogen) atoms. The van der Waals surface area contributed by atoms with E-state index in [0.717, 1.165) is 19.3 Å².